The van der Waals surface area contributed by atoms with Crippen LogP contribution in [0.5, 0.6) is 0 Å². The second-order valence-corrected chi connectivity index (χ2v) is 6.86. The van der Waals surface area contributed by atoms with Crippen molar-refractivity contribution in [2.24, 2.45) is 0 Å². The van der Waals surface area contributed by atoms with Crippen molar-refractivity contribution in [3.63, 3.8) is 0 Å². The van der Waals surface area contributed by atoms with Crippen LogP contribution < -0.4 is 15.5 Å². The van der Waals surface area contributed by atoms with Crippen LogP contribution in [0.1, 0.15) is 0 Å². The molecular weight excluding hydrogens is 355 g/mol. The van der Waals surface area contributed by atoms with Gasteiger partial charge in [0.05, 0.1) is 0 Å². The Morgan fingerprint density at radius 1 is 0.893 bits per heavy atom. The van der Waals surface area contributed by atoms with Crippen molar-refractivity contribution in [3.05, 3.63) is 66.6 Å². The lowest BCUT2D eigenvalue weighted by Crippen LogP contribution is -2.44. The fourth-order valence-electron chi connectivity index (χ4n) is 3.15. The molecule has 2 heterocycles. The van der Waals surface area contributed by atoms with Gasteiger partial charge in [-0.3, -0.25) is 0 Å². The number of hydrogen-bond donors (Lipinski definition) is 2. The third kappa shape index (κ3) is 4.55. The van der Waals surface area contributed by atoms with E-state index in [0.29, 0.717) is 17.5 Å². The van der Waals surface area contributed by atoms with Crippen LogP contribution in [-0.4, -0.2) is 48.1 Å². The molecular formula is C21H23FN6. The Labute approximate surface area is 164 Å². The minimum absolute atomic E-state index is 0.306. The normalized spacial score (nSPS) is 14.7. The highest BCUT2D eigenvalue weighted by molar-refractivity contribution is 5.62. The molecule has 1 aliphatic rings. The van der Waals surface area contributed by atoms with Crippen molar-refractivity contribution < 1.29 is 4.39 Å². The molecule has 2 aromatic carbocycles. The van der Waals surface area contributed by atoms with Crippen molar-refractivity contribution in [2.45, 2.75) is 0 Å². The van der Waals surface area contributed by atoms with Gasteiger partial charge >= 0.3 is 0 Å². The molecule has 144 valence electrons. The van der Waals surface area contributed by atoms with Crippen LogP contribution in [0.3, 0.4) is 0 Å². The quantitative estimate of drug-likeness (QED) is 0.703. The van der Waals surface area contributed by atoms with Crippen LogP contribution in [0.2, 0.25) is 0 Å². The van der Waals surface area contributed by atoms with Crippen molar-refractivity contribution >= 4 is 28.8 Å². The van der Waals surface area contributed by atoms with E-state index in [2.05, 4.69) is 61.7 Å². The van der Waals surface area contributed by atoms with Crippen LogP contribution in [0.4, 0.5) is 33.2 Å². The number of nitrogens with one attached hydrogen (secondary N) is 2. The minimum Gasteiger partial charge on any atom is -0.369 e. The Balaban J connectivity index is 1.41. The Hall–Kier alpha value is -3.19. The molecule has 28 heavy (non-hydrogen) atoms. The van der Waals surface area contributed by atoms with E-state index in [-0.39, 0.29) is 5.82 Å². The van der Waals surface area contributed by atoms with Crippen LogP contribution in [0, 0.1) is 5.82 Å². The van der Waals surface area contributed by atoms with Gasteiger partial charge in [0.25, 0.3) is 0 Å². The highest BCUT2D eigenvalue weighted by Gasteiger charge is 2.14. The fraction of sp³-hybridized carbons (Fsp3) is 0.238. The molecule has 0 spiro atoms. The first-order valence-electron chi connectivity index (χ1n) is 9.32. The van der Waals surface area contributed by atoms with Gasteiger partial charge in [0, 0.05) is 49.4 Å². The van der Waals surface area contributed by atoms with Gasteiger partial charge in [0.15, 0.2) is 0 Å². The van der Waals surface area contributed by atoms with E-state index < -0.39 is 0 Å². The van der Waals surface area contributed by atoms with E-state index in [4.69, 9.17) is 0 Å². The molecule has 4 rings (SSSR count). The van der Waals surface area contributed by atoms with E-state index in [9.17, 15) is 4.39 Å². The summed E-state index contributed by atoms with van der Waals surface area (Å²) in [6.45, 7) is 4.26. The van der Waals surface area contributed by atoms with Crippen LogP contribution in [0.15, 0.2) is 60.8 Å². The van der Waals surface area contributed by atoms with E-state index in [1.807, 2.05) is 0 Å². The summed E-state index contributed by atoms with van der Waals surface area (Å²) in [5.41, 5.74) is 2.79. The van der Waals surface area contributed by atoms with E-state index in [1.54, 1.807) is 24.4 Å². The van der Waals surface area contributed by atoms with Gasteiger partial charge in [-0.2, -0.15) is 4.98 Å². The maximum Gasteiger partial charge on any atom is 0.229 e. The lowest BCUT2D eigenvalue weighted by molar-refractivity contribution is 0.313. The first-order chi connectivity index (χ1) is 13.7. The van der Waals surface area contributed by atoms with Gasteiger partial charge < -0.3 is 20.4 Å². The molecule has 2 N–H and O–H groups in total. The van der Waals surface area contributed by atoms with Gasteiger partial charge in [-0.15, -0.1) is 0 Å². The van der Waals surface area contributed by atoms with Gasteiger partial charge in [-0.1, -0.05) is 6.07 Å². The highest BCUT2D eigenvalue weighted by atomic mass is 19.1. The molecule has 1 aliphatic heterocycles. The molecule has 3 aromatic rings. The van der Waals surface area contributed by atoms with Gasteiger partial charge in [-0.05, 0) is 55.6 Å². The number of rotatable bonds is 5. The highest BCUT2D eigenvalue weighted by Crippen LogP contribution is 2.22. The summed E-state index contributed by atoms with van der Waals surface area (Å²) < 4.78 is 13.3. The average molecular weight is 378 g/mol. The monoisotopic (exact) mass is 378 g/mol. The predicted molar refractivity (Wildman–Crippen MR) is 111 cm³/mol. The topological polar surface area (TPSA) is 56.3 Å². The molecule has 7 heteroatoms. The van der Waals surface area contributed by atoms with Crippen LogP contribution in [-0.2, 0) is 0 Å². The maximum atomic E-state index is 13.3. The summed E-state index contributed by atoms with van der Waals surface area (Å²) >= 11 is 0. The SMILES string of the molecule is CN1CCN(c2ccc(Nc3ccnc(Nc4cccc(F)c4)n3)cc2)CC1. The van der Waals surface area contributed by atoms with E-state index in [0.717, 1.165) is 31.9 Å². The van der Waals surface area contributed by atoms with E-state index >= 15 is 0 Å². The van der Waals surface area contributed by atoms with Crippen molar-refractivity contribution in [1.82, 2.24) is 14.9 Å². The molecule has 1 saturated heterocycles. The average Bonchev–Trinajstić information content (AvgIpc) is 2.70. The number of halogens is 1. The zero-order valence-corrected chi connectivity index (χ0v) is 15.8. The molecule has 0 bridgehead atoms. The minimum atomic E-state index is -0.306. The summed E-state index contributed by atoms with van der Waals surface area (Å²) in [6.07, 6.45) is 1.66. The molecule has 1 aromatic heterocycles. The lowest BCUT2D eigenvalue weighted by atomic mass is 10.2. The number of likely N-dealkylation sites (N-methyl/N-ethyl adjacent to an activating group) is 1. The first-order valence-corrected chi connectivity index (χ1v) is 9.32. The second-order valence-electron chi connectivity index (χ2n) is 6.86. The number of anilines is 5. The van der Waals surface area contributed by atoms with Crippen molar-refractivity contribution in [1.29, 1.82) is 0 Å². The number of benzene rings is 2. The molecule has 1 fully saturated rings. The third-order valence-corrected chi connectivity index (χ3v) is 4.74. The summed E-state index contributed by atoms with van der Waals surface area (Å²) in [4.78, 5) is 13.4. The van der Waals surface area contributed by atoms with E-state index in [1.165, 1.54) is 17.8 Å². The summed E-state index contributed by atoms with van der Waals surface area (Å²) in [7, 11) is 2.16. The fourth-order valence-corrected chi connectivity index (χ4v) is 3.15. The third-order valence-electron chi connectivity index (χ3n) is 4.74. The van der Waals surface area contributed by atoms with Gasteiger partial charge in [0.1, 0.15) is 11.6 Å². The molecule has 6 nitrogen and oxygen atoms in total. The number of aromatic nitrogens is 2. The number of nitrogens with zero attached hydrogens (tertiary/aromatic N) is 4. The Morgan fingerprint density at radius 3 is 2.43 bits per heavy atom. The van der Waals surface area contributed by atoms with Crippen molar-refractivity contribution in [2.75, 3.05) is 48.8 Å². The zero-order chi connectivity index (χ0) is 19.3. The Bertz CT molecular complexity index is 922. The standard InChI is InChI=1S/C21H23FN6/c1-27-11-13-28(14-12-27)19-7-5-17(6-8-19)24-20-9-10-23-21(26-20)25-18-4-2-3-16(22)15-18/h2-10,15H,11-14H2,1H3,(H2,23,24,25,26). The summed E-state index contributed by atoms with van der Waals surface area (Å²) in [5.74, 6) is 0.769. The molecule has 0 amide bonds. The second kappa shape index (κ2) is 8.22. The van der Waals surface area contributed by atoms with Gasteiger partial charge in [-0.25, -0.2) is 9.37 Å². The van der Waals surface area contributed by atoms with Gasteiger partial charge in [0.2, 0.25) is 5.95 Å². The maximum absolute atomic E-state index is 13.3. The molecule has 0 radical (unpaired) electrons. The molecule has 0 unspecified atom stereocenters. The smallest absolute Gasteiger partial charge is 0.229 e. The summed E-state index contributed by atoms with van der Waals surface area (Å²) in [6, 6.07) is 16.4. The van der Waals surface area contributed by atoms with Crippen molar-refractivity contribution in [3.8, 4) is 0 Å². The summed E-state index contributed by atoms with van der Waals surface area (Å²) in [5, 5.41) is 6.30. The van der Waals surface area contributed by atoms with Crippen LogP contribution >= 0.6 is 0 Å². The molecule has 0 saturated carbocycles. The predicted octanol–water partition coefficient (Wildman–Crippen LogP) is 3.85. The number of hydrogen-bond acceptors (Lipinski definition) is 6. The largest absolute Gasteiger partial charge is 0.369 e. The zero-order valence-electron chi connectivity index (χ0n) is 15.8. The Kier molecular flexibility index (Phi) is 5.34. The Morgan fingerprint density at radius 2 is 1.68 bits per heavy atom. The molecule has 0 aliphatic carbocycles. The lowest BCUT2D eigenvalue weighted by Gasteiger charge is -2.34. The van der Waals surface area contributed by atoms with Crippen LogP contribution in [0.25, 0.3) is 0 Å². The molecule has 0 atom stereocenters. The first kappa shape index (κ1) is 18.2. The number of piperazine rings is 1.